The summed E-state index contributed by atoms with van der Waals surface area (Å²) in [5, 5.41) is 2.11. The molecule has 0 saturated carbocycles. The Morgan fingerprint density at radius 2 is 2.00 bits per heavy atom. The first kappa shape index (κ1) is 14.2. The molecule has 1 aliphatic rings. The largest absolute Gasteiger partial charge is 0.353 e. The fourth-order valence-corrected chi connectivity index (χ4v) is 2.18. The number of nitrogens with zero attached hydrogens (tertiary/aromatic N) is 4. The smallest absolute Gasteiger partial charge is 0.318 e. The summed E-state index contributed by atoms with van der Waals surface area (Å²) >= 11 is 0. The van der Waals surface area contributed by atoms with Crippen LogP contribution in [0.5, 0.6) is 0 Å². The van der Waals surface area contributed by atoms with Gasteiger partial charge >= 0.3 is 6.03 Å². The quantitative estimate of drug-likeness (QED) is 0.748. The molecular weight excluding hydrogens is 260 g/mol. The molecule has 108 valence electrons. The van der Waals surface area contributed by atoms with E-state index in [1.54, 1.807) is 25.5 Å². The van der Waals surface area contributed by atoms with Gasteiger partial charge in [0.2, 0.25) is 5.91 Å². The van der Waals surface area contributed by atoms with Crippen molar-refractivity contribution in [3.63, 3.8) is 0 Å². The van der Waals surface area contributed by atoms with Crippen molar-refractivity contribution in [3.8, 4) is 0 Å². The van der Waals surface area contributed by atoms with E-state index in [1.807, 2.05) is 4.90 Å². The summed E-state index contributed by atoms with van der Waals surface area (Å²) in [6, 6.07) is -1.20. The third-order valence-corrected chi connectivity index (χ3v) is 3.36. The summed E-state index contributed by atoms with van der Waals surface area (Å²) in [7, 11) is 0. The minimum atomic E-state index is -0.819. The second-order valence-corrected chi connectivity index (χ2v) is 4.62. The highest BCUT2D eigenvalue weighted by molar-refractivity contribution is 5.96. The molecule has 0 aliphatic carbocycles. The molecule has 0 spiro atoms. The number of anilines is 1. The van der Waals surface area contributed by atoms with Gasteiger partial charge in [0.1, 0.15) is 5.82 Å². The van der Waals surface area contributed by atoms with E-state index in [-0.39, 0.29) is 11.9 Å². The summed E-state index contributed by atoms with van der Waals surface area (Å²) in [6.07, 6.45) is 5.01. The number of imide groups is 1. The monoisotopic (exact) mass is 278 g/mol. The maximum atomic E-state index is 11.7. The first-order valence-electron chi connectivity index (χ1n) is 6.43. The number of aromatic nitrogens is 2. The minimum Gasteiger partial charge on any atom is -0.353 e. The van der Waals surface area contributed by atoms with Crippen LogP contribution >= 0.6 is 0 Å². The van der Waals surface area contributed by atoms with Crippen LogP contribution < -0.4 is 16.0 Å². The molecule has 0 aromatic carbocycles. The van der Waals surface area contributed by atoms with Crippen LogP contribution in [0.3, 0.4) is 0 Å². The lowest BCUT2D eigenvalue weighted by Gasteiger charge is -2.37. The van der Waals surface area contributed by atoms with Crippen LogP contribution in [-0.2, 0) is 4.79 Å². The number of carbonyl (C=O) groups excluding carboxylic acids is 2. The van der Waals surface area contributed by atoms with Crippen molar-refractivity contribution in [2.45, 2.75) is 13.0 Å². The van der Waals surface area contributed by atoms with Gasteiger partial charge < -0.3 is 10.6 Å². The average Bonchev–Trinajstić information content (AvgIpc) is 2.47. The van der Waals surface area contributed by atoms with Crippen LogP contribution in [0.1, 0.15) is 6.92 Å². The van der Waals surface area contributed by atoms with Gasteiger partial charge in [0.15, 0.2) is 0 Å². The molecule has 20 heavy (non-hydrogen) atoms. The van der Waals surface area contributed by atoms with Gasteiger partial charge in [0, 0.05) is 38.6 Å². The zero-order valence-electron chi connectivity index (χ0n) is 11.3. The van der Waals surface area contributed by atoms with Crippen molar-refractivity contribution in [1.29, 1.82) is 0 Å². The van der Waals surface area contributed by atoms with E-state index in [4.69, 9.17) is 5.73 Å². The molecule has 1 fully saturated rings. The molecule has 1 aromatic rings. The third-order valence-electron chi connectivity index (χ3n) is 3.36. The number of carbonyl (C=O) groups is 2. The standard InChI is InChI=1S/C12H18N6O2/c1-9(11(19)16-12(13)20)17-4-6-18(7-5-17)10-8-14-2-3-15-10/h2-3,8-9H,4-7H2,1H3,(H3,13,16,19,20)/t9-/m1/s1. The summed E-state index contributed by atoms with van der Waals surface area (Å²) in [5.74, 6) is 0.465. The Morgan fingerprint density at radius 1 is 1.30 bits per heavy atom. The van der Waals surface area contributed by atoms with E-state index in [1.165, 1.54) is 0 Å². The summed E-state index contributed by atoms with van der Waals surface area (Å²) in [6.45, 7) is 4.70. The Kier molecular flexibility index (Phi) is 4.46. The molecule has 1 aliphatic heterocycles. The fraction of sp³-hybridized carbons (Fsp3) is 0.500. The van der Waals surface area contributed by atoms with Gasteiger partial charge in [-0.2, -0.15) is 0 Å². The topological polar surface area (TPSA) is 104 Å². The number of nitrogens with two attached hydrogens (primary N) is 1. The molecule has 0 radical (unpaired) electrons. The molecule has 2 rings (SSSR count). The van der Waals surface area contributed by atoms with E-state index in [0.717, 1.165) is 18.9 Å². The summed E-state index contributed by atoms with van der Waals surface area (Å²) in [4.78, 5) is 34.8. The maximum absolute atomic E-state index is 11.7. The lowest BCUT2D eigenvalue weighted by atomic mass is 10.2. The molecule has 3 amide bonds. The number of nitrogens with one attached hydrogen (secondary N) is 1. The number of hydrogen-bond donors (Lipinski definition) is 2. The van der Waals surface area contributed by atoms with Crippen LogP contribution in [-0.4, -0.2) is 59.0 Å². The molecule has 2 heterocycles. The second-order valence-electron chi connectivity index (χ2n) is 4.62. The van der Waals surface area contributed by atoms with Gasteiger partial charge in [0.05, 0.1) is 12.2 Å². The number of urea groups is 1. The number of rotatable bonds is 3. The van der Waals surface area contributed by atoms with Crippen molar-refractivity contribution in [1.82, 2.24) is 20.2 Å². The zero-order valence-corrected chi connectivity index (χ0v) is 11.3. The van der Waals surface area contributed by atoms with E-state index in [0.29, 0.717) is 13.1 Å². The number of amides is 3. The first-order chi connectivity index (χ1) is 9.58. The Hall–Kier alpha value is -2.22. The zero-order chi connectivity index (χ0) is 14.5. The maximum Gasteiger partial charge on any atom is 0.318 e. The molecular formula is C12H18N6O2. The molecule has 3 N–H and O–H groups in total. The lowest BCUT2D eigenvalue weighted by Crippen LogP contribution is -2.55. The van der Waals surface area contributed by atoms with E-state index in [9.17, 15) is 9.59 Å². The van der Waals surface area contributed by atoms with E-state index in [2.05, 4.69) is 20.2 Å². The molecule has 1 saturated heterocycles. The molecule has 8 nitrogen and oxygen atoms in total. The van der Waals surface area contributed by atoms with Crippen molar-refractivity contribution in [2.75, 3.05) is 31.1 Å². The molecule has 8 heteroatoms. The van der Waals surface area contributed by atoms with Crippen molar-refractivity contribution in [2.24, 2.45) is 5.73 Å². The highest BCUT2D eigenvalue weighted by Crippen LogP contribution is 2.13. The highest BCUT2D eigenvalue weighted by Gasteiger charge is 2.26. The molecule has 1 atom stereocenters. The van der Waals surface area contributed by atoms with Crippen LogP contribution in [0.2, 0.25) is 0 Å². The number of hydrogen-bond acceptors (Lipinski definition) is 6. The predicted molar refractivity (Wildman–Crippen MR) is 73.0 cm³/mol. The normalized spacial score (nSPS) is 17.6. The SMILES string of the molecule is C[C@H](C(=O)NC(N)=O)N1CCN(c2cnccn2)CC1. The van der Waals surface area contributed by atoms with Gasteiger partial charge in [-0.05, 0) is 6.92 Å². The molecule has 0 bridgehead atoms. The van der Waals surface area contributed by atoms with Crippen LogP contribution in [0.15, 0.2) is 18.6 Å². The Bertz CT molecular complexity index is 472. The van der Waals surface area contributed by atoms with Crippen molar-refractivity contribution in [3.05, 3.63) is 18.6 Å². The van der Waals surface area contributed by atoms with Crippen molar-refractivity contribution < 1.29 is 9.59 Å². The van der Waals surface area contributed by atoms with Gasteiger partial charge in [-0.15, -0.1) is 0 Å². The van der Waals surface area contributed by atoms with Gasteiger partial charge in [-0.1, -0.05) is 0 Å². The summed E-state index contributed by atoms with van der Waals surface area (Å²) in [5.41, 5.74) is 4.95. The van der Waals surface area contributed by atoms with Gasteiger partial charge in [-0.25, -0.2) is 9.78 Å². The van der Waals surface area contributed by atoms with Gasteiger partial charge in [0.25, 0.3) is 0 Å². The molecule has 0 unspecified atom stereocenters. The van der Waals surface area contributed by atoms with Crippen LogP contribution in [0.25, 0.3) is 0 Å². The number of piperazine rings is 1. The van der Waals surface area contributed by atoms with E-state index < -0.39 is 6.03 Å². The first-order valence-corrected chi connectivity index (χ1v) is 6.43. The molecule has 1 aromatic heterocycles. The van der Waals surface area contributed by atoms with Crippen LogP contribution in [0, 0.1) is 0 Å². The van der Waals surface area contributed by atoms with E-state index >= 15 is 0 Å². The third kappa shape index (κ3) is 3.41. The van der Waals surface area contributed by atoms with Crippen molar-refractivity contribution >= 4 is 17.8 Å². The average molecular weight is 278 g/mol. The lowest BCUT2D eigenvalue weighted by molar-refractivity contribution is -0.124. The predicted octanol–water partition coefficient (Wildman–Crippen LogP) is -0.818. The second kappa shape index (κ2) is 6.29. The Morgan fingerprint density at radius 3 is 2.55 bits per heavy atom. The highest BCUT2D eigenvalue weighted by atomic mass is 16.2. The Labute approximate surface area is 117 Å². The van der Waals surface area contributed by atoms with Gasteiger partial charge in [-0.3, -0.25) is 20.0 Å². The summed E-state index contributed by atoms with van der Waals surface area (Å²) < 4.78 is 0. The number of primary amides is 1. The minimum absolute atomic E-state index is 0.370. The fourth-order valence-electron chi connectivity index (χ4n) is 2.18. The Balaban J connectivity index is 1.88. The van der Waals surface area contributed by atoms with Crippen LogP contribution in [0.4, 0.5) is 10.6 Å².